The van der Waals surface area contributed by atoms with Crippen LogP contribution < -0.4 is 21.3 Å². The maximum Gasteiger partial charge on any atom is 0.315 e. The molecule has 0 aromatic heterocycles. The molecule has 1 fully saturated rings. The first-order valence-electron chi connectivity index (χ1n) is 18.2. The van der Waals surface area contributed by atoms with Crippen LogP contribution in [0.5, 0.6) is 0 Å². The van der Waals surface area contributed by atoms with Gasteiger partial charge in [-0.25, -0.2) is 4.79 Å². The smallest absolute Gasteiger partial charge is 0.315 e. The molecule has 1 aromatic carbocycles. The summed E-state index contributed by atoms with van der Waals surface area (Å²) in [6.45, 7) is 20.5. The van der Waals surface area contributed by atoms with Gasteiger partial charge in [0.25, 0.3) is 11.8 Å². The topological polar surface area (TPSA) is 157 Å². The van der Waals surface area contributed by atoms with Crippen LogP contribution in [0.3, 0.4) is 0 Å². The fourth-order valence-electron chi connectivity index (χ4n) is 6.80. The van der Waals surface area contributed by atoms with Gasteiger partial charge in [-0.1, -0.05) is 93.4 Å². The minimum absolute atomic E-state index is 0.0491. The molecule has 50 heavy (non-hydrogen) atoms. The first-order valence-corrected chi connectivity index (χ1v) is 18.2. The van der Waals surface area contributed by atoms with E-state index in [1.807, 2.05) is 86.6 Å². The Kier molecular flexibility index (Phi) is 13.6. The van der Waals surface area contributed by atoms with Crippen LogP contribution >= 0.6 is 0 Å². The monoisotopic (exact) mass is 696 g/mol. The normalized spacial score (nSPS) is 19.5. The number of Topliss-reactive ketones (excluding diaryl/α,β-unsaturated/α-hetero) is 1. The zero-order chi connectivity index (χ0) is 37.6. The molecule has 2 aliphatic heterocycles. The van der Waals surface area contributed by atoms with Gasteiger partial charge in [0.05, 0.1) is 12.1 Å². The summed E-state index contributed by atoms with van der Waals surface area (Å²) in [5, 5.41) is 11.3. The number of fused-ring (bicyclic) bond motifs is 1. The highest BCUT2D eigenvalue weighted by Crippen LogP contribution is 2.34. The average Bonchev–Trinajstić information content (AvgIpc) is 3.62. The number of nitrogens with zero attached hydrogens (tertiary/aromatic N) is 2. The van der Waals surface area contributed by atoms with Gasteiger partial charge in [0.15, 0.2) is 0 Å². The molecule has 278 valence electrons. The average molecular weight is 697 g/mol. The molecule has 5 atom stereocenters. The minimum Gasteiger partial charge on any atom is -0.350 e. The van der Waals surface area contributed by atoms with Crippen molar-refractivity contribution in [3.63, 3.8) is 0 Å². The molecule has 12 heteroatoms. The molecule has 2 heterocycles. The molecule has 0 aliphatic carbocycles. The summed E-state index contributed by atoms with van der Waals surface area (Å²) in [5.41, 5.74) is 0.461. The molecule has 1 aromatic rings. The fourth-order valence-corrected chi connectivity index (χ4v) is 6.80. The molecule has 4 N–H and O–H groups in total. The summed E-state index contributed by atoms with van der Waals surface area (Å²) in [6.07, 6.45) is 2.29. The van der Waals surface area contributed by atoms with Crippen LogP contribution in [0.4, 0.5) is 4.79 Å². The van der Waals surface area contributed by atoms with Crippen LogP contribution in [0.2, 0.25) is 0 Å². The zero-order valence-corrected chi connectivity index (χ0v) is 31.8. The molecule has 0 spiro atoms. The Morgan fingerprint density at radius 3 is 2.14 bits per heavy atom. The van der Waals surface area contributed by atoms with Crippen molar-refractivity contribution in [1.82, 2.24) is 31.1 Å². The van der Waals surface area contributed by atoms with Gasteiger partial charge in [0.1, 0.15) is 12.1 Å². The van der Waals surface area contributed by atoms with Gasteiger partial charge in [0, 0.05) is 31.7 Å². The first-order chi connectivity index (χ1) is 23.3. The van der Waals surface area contributed by atoms with Gasteiger partial charge in [-0.3, -0.25) is 24.0 Å². The number of benzene rings is 1. The van der Waals surface area contributed by atoms with Crippen LogP contribution in [0.1, 0.15) is 111 Å². The van der Waals surface area contributed by atoms with Crippen LogP contribution in [0, 0.1) is 22.7 Å². The minimum atomic E-state index is -1.01. The highest BCUT2D eigenvalue weighted by atomic mass is 16.2. The van der Waals surface area contributed by atoms with Gasteiger partial charge < -0.3 is 31.1 Å². The van der Waals surface area contributed by atoms with Crippen molar-refractivity contribution in [2.45, 2.75) is 126 Å². The largest absolute Gasteiger partial charge is 0.350 e. The summed E-state index contributed by atoms with van der Waals surface area (Å²) in [5.74, 6) is -2.54. The number of rotatable bonds is 14. The number of likely N-dealkylation sites (tertiary alicyclic amines) is 1. The number of hydrogen-bond donors (Lipinski definition) is 4. The number of ketones is 1. The molecule has 1 saturated heterocycles. The third-order valence-corrected chi connectivity index (χ3v) is 9.93. The van der Waals surface area contributed by atoms with Crippen LogP contribution in [-0.2, 0) is 25.7 Å². The number of unbranched alkanes of at least 4 members (excludes halogenated alkanes) is 1. The number of nitrogens with one attached hydrogen (secondary N) is 4. The van der Waals surface area contributed by atoms with Crippen molar-refractivity contribution in [2.24, 2.45) is 22.7 Å². The molecule has 2 unspecified atom stereocenters. The van der Waals surface area contributed by atoms with Crippen LogP contribution in [0.15, 0.2) is 24.3 Å². The molecule has 6 amide bonds. The Bertz CT molecular complexity index is 1410. The fraction of sp³-hybridized carbons (Fsp3) is 0.684. The SMILES string of the molecule is CCCCC(NC(=O)[C@@H]1C(C(C)C)CCN1C(=O)[C@@H](NC(=O)N[C@H](CN1Cc2ccccc2C1=O)C(C)(C)C)C(C)(C)C)C(=O)C(=O)NCC. The summed E-state index contributed by atoms with van der Waals surface area (Å²) in [6, 6.07) is 3.62. The molecule has 0 saturated carbocycles. The number of carbonyl (C=O) groups is 6. The zero-order valence-electron chi connectivity index (χ0n) is 31.8. The van der Waals surface area contributed by atoms with Crippen molar-refractivity contribution >= 4 is 35.4 Å². The van der Waals surface area contributed by atoms with E-state index in [0.29, 0.717) is 37.9 Å². The maximum atomic E-state index is 14.4. The number of urea groups is 1. The Morgan fingerprint density at radius 2 is 1.58 bits per heavy atom. The van der Waals surface area contributed by atoms with E-state index in [-0.39, 0.29) is 30.8 Å². The number of amides is 6. The molecular formula is C38H60N6O6. The molecule has 3 rings (SSSR count). The van der Waals surface area contributed by atoms with E-state index in [1.54, 1.807) is 11.8 Å². The van der Waals surface area contributed by atoms with Gasteiger partial charge in [-0.2, -0.15) is 0 Å². The van der Waals surface area contributed by atoms with E-state index in [0.717, 1.165) is 12.0 Å². The van der Waals surface area contributed by atoms with Gasteiger partial charge >= 0.3 is 6.03 Å². The third-order valence-electron chi connectivity index (χ3n) is 9.93. The van der Waals surface area contributed by atoms with Gasteiger partial charge in [-0.15, -0.1) is 0 Å². The second-order valence-corrected chi connectivity index (χ2v) is 16.3. The second-order valence-electron chi connectivity index (χ2n) is 16.3. The number of carbonyl (C=O) groups excluding carboxylic acids is 6. The molecule has 0 bridgehead atoms. The van der Waals surface area contributed by atoms with Crippen molar-refractivity contribution in [3.05, 3.63) is 35.4 Å². The quantitative estimate of drug-likeness (QED) is 0.215. The van der Waals surface area contributed by atoms with Gasteiger partial charge in [0.2, 0.25) is 17.6 Å². The maximum absolute atomic E-state index is 14.4. The Morgan fingerprint density at radius 1 is 0.920 bits per heavy atom. The lowest BCUT2D eigenvalue weighted by Crippen LogP contribution is -2.62. The predicted molar refractivity (Wildman–Crippen MR) is 193 cm³/mol. The van der Waals surface area contributed by atoms with Crippen molar-refractivity contribution < 1.29 is 28.8 Å². The summed E-state index contributed by atoms with van der Waals surface area (Å²) < 4.78 is 0. The van der Waals surface area contributed by atoms with Crippen molar-refractivity contribution in [2.75, 3.05) is 19.6 Å². The van der Waals surface area contributed by atoms with Crippen LogP contribution in [0.25, 0.3) is 0 Å². The Balaban J connectivity index is 1.82. The Labute approximate surface area is 298 Å². The highest BCUT2D eigenvalue weighted by Gasteiger charge is 2.48. The van der Waals surface area contributed by atoms with E-state index in [4.69, 9.17) is 0 Å². The van der Waals surface area contributed by atoms with Gasteiger partial charge in [-0.05, 0) is 54.1 Å². The Hall–Kier alpha value is -3.96. The third kappa shape index (κ3) is 9.84. The van der Waals surface area contributed by atoms with Crippen molar-refractivity contribution in [3.8, 4) is 0 Å². The molecule has 12 nitrogen and oxygen atoms in total. The summed E-state index contributed by atoms with van der Waals surface area (Å²) in [7, 11) is 0. The van der Waals surface area contributed by atoms with E-state index in [1.165, 1.54) is 4.90 Å². The second kappa shape index (κ2) is 16.8. The lowest BCUT2D eigenvalue weighted by molar-refractivity contribution is -0.144. The standard InChI is InChI=1S/C38H60N6O6/c1-11-13-18-27(30(45)33(47)39-12-2)40-32(46)29-25(23(3)4)19-20-44(29)35(49)31(38(8,9)10)42-36(50)41-28(37(5,6)7)22-43-21-24-16-14-15-17-26(24)34(43)48/h14-17,23,25,27-29,31H,11-13,18-22H2,1-10H3,(H,39,47)(H,40,46)(H2,41,42,50)/t25?,27?,28-,29+,31-/m1/s1. The molecule has 0 radical (unpaired) electrons. The highest BCUT2D eigenvalue weighted by molar-refractivity contribution is 6.38. The van der Waals surface area contributed by atoms with E-state index in [9.17, 15) is 28.8 Å². The predicted octanol–water partition coefficient (Wildman–Crippen LogP) is 4.02. The van der Waals surface area contributed by atoms with E-state index >= 15 is 0 Å². The van der Waals surface area contributed by atoms with E-state index in [2.05, 4.69) is 21.3 Å². The summed E-state index contributed by atoms with van der Waals surface area (Å²) in [4.78, 5) is 84.1. The lowest BCUT2D eigenvalue weighted by Gasteiger charge is -2.38. The lowest BCUT2D eigenvalue weighted by atomic mass is 9.84. The molecule has 2 aliphatic rings. The molecular weight excluding hydrogens is 636 g/mol. The first kappa shape index (κ1) is 40.5. The van der Waals surface area contributed by atoms with E-state index < -0.39 is 64.5 Å². The number of hydrogen-bond acceptors (Lipinski definition) is 6. The van der Waals surface area contributed by atoms with Crippen molar-refractivity contribution in [1.29, 1.82) is 0 Å². The number of likely N-dealkylation sites (N-methyl/N-ethyl adjacent to an activating group) is 1. The summed E-state index contributed by atoms with van der Waals surface area (Å²) >= 11 is 0. The van der Waals surface area contributed by atoms with Crippen LogP contribution in [-0.4, -0.2) is 89.0 Å².